The molecule has 0 fully saturated rings. The Bertz CT molecular complexity index is 764. The molecular formula is C19H24F2N3O3. The number of imidazole rings is 1. The smallest absolute Gasteiger partial charge is 0.249 e. The second-order valence-electron chi connectivity index (χ2n) is 6.85. The number of amides is 1. The number of carbonyl (C=O) groups is 1. The lowest BCUT2D eigenvalue weighted by molar-refractivity contribution is -0.135. The van der Waals surface area contributed by atoms with Crippen molar-refractivity contribution in [1.82, 2.24) is 9.97 Å². The molecule has 0 bridgehead atoms. The number of carbonyl (C=O) groups excluding carboxylic acids is 1. The van der Waals surface area contributed by atoms with Gasteiger partial charge in [0.15, 0.2) is 0 Å². The number of nitrogens with one attached hydrogen (secondary N) is 1. The van der Waals surface area contributed by atoms with Crippen molar-refractivity contribution in [3.63, 3.8) is 0 Å². The van der Waals surface area contributed by atoms with Crippen LogP contribution in [-0.4, -0.2) is 37.8 Å². The topological polar surface area (TPSA) is 112 Å². The largest absolute Gasteiger partial charge is 0.393 e. The second-order valence-corrected chi connectivity index (χ2v) is 6.85. The molecule has 0 saturated carbocycles. The Hall–Kier alpha value is -2.32. The van der Waals surface area contributed by atoms with Gasteiger partial charge in [-0.1, -0.05) is 12.1 Å². The summed E-state index contributed by atoms with van der Waals surface area (Å²) >= 11 is 0. The van der Waals surface area contributed by atoms with Crippen LogP contribution >= 0.6 is 0 Å². The van der Waals surface area contributed by atoms with Crippen molar-refractivity contribution in [2.45, 2.75) is 50.2 Å². The fourth-order valence-corrected chi connectivity index (χ4v) is 2.79. The van der Waals surface area contributed by atoms with E-state index in [4.69, 9.17) is 5.73 Å². The lowest BCUT2D eigenvalue weighted by Gasteiger charge is -2.23. The number of aromatic nitrogens is 2. The highest BCUT2D eigenvalue weighted by Gasteiger charge is 2.30. The Labute approximate surface area is 156 Å². The van der Waals surface area contributed by atoms with Gasteiger partial charge < -0.3 is 20.9 Å². The lowest BCUT2D eigenvalue weighted by atomic mass is 9.88. The van der Waals surface area contributed by atoms with Gasteiger partial charge in [-0.3, -0.25) is 4.79 Å². The van der Waals surface area contributed by atoms with Crippen LogP contribution in [0.25, 0.3) is 0 Å². The van der Waals surface area contributed by atoms with Crippen LogP contribution in [0.4, 0.5) is 8.78 Å². The average molecular weight is 380 g/mol. The standard InChI is InChI=1S/C19H24F2N3O3/c1-19(27,18(22)26)8-7-13(17-23-11-16(21)24-17)10-15(25)6-5-12-3-2-4-14(20)9-12/h2-4,6,9,11,13,15,25,27H,5,7-8,10H2,1H3,(H2,22,26)(H,23,24)/t13-,15+,19?/m1/s1. The van der Waals surface area contributed by atoms with E-state index in [9.17, 15) is 23.8 Å². The van der Waals surface area contributed by atoms with Crippen molar-refractivity contribution in [2.75, 3.05) is 0 Å². The molecule has 3 atom stereocenters. The van der Waals surface area contributed by atoms with E-state index in [-0.39, 0.29) is 25.1 Å². The number of nitrogens with zero attached hydrogens (tertiary/aromatic N) is 1. The molecule has 5 N–H and O–H groups in total. The van der Waals surface area contributed by atoms with E-state index in [1.165, 1.54) is 19.1 Å². The summed E-state index contributed by atoms with van der Waals surface area (Å²) in [4.78, 5) is 17.7. The van der Waals surface area contributed by atoms with Crippen LogP contribution in [0.5, 0.6) is 0 Å². The summed E-state index contributed by atoms with van der Waals surface area (Å²) in [5, 5.41) is 20.3. The highest BCUT2D eigenvalue weighted by Crippen LogP contribution is 2.28. The predicted molar refractivity (Wildman–Crippen MR) is 95.4 cm³/mol. The van der Waals surface area contributed by atoms with E-state index in [2.05, 4.69) is 9.97 Å². The van der Waals surface area contributed by atoms with Gasteiger partial charge in [-0.25, -0.2) is 9.37 Å². The number of aromatic amines is 1. The third-order valence-electron chi connectivity index (χ3n) is 4.50. The molecule has 1 amide bonds. The zero-order valence-electron chi connectivity index (χ0n) is 15.0. The molecule has 0 saturated heterocycles. The third-order valence-corrected chi connectivity index (χ3v) is 4.50. The number of aliphatic hydroxyl groups excluding tert-OH is 1. The van der Waals surface area contributed by atoms with Gasteiger partial charge in [0.1, 0.15) is 17.2 Å². The van der Waals surface area contributed by atoms with Gasteiger partial charge in [-0.15, -0.1) is 0 Å². The van der Waals surface area contributed by atoms with E-state index in [1.54, 1.807) is 18.6 Å². The minimum absolute atomic E-state index is 0.0337. The SMILES string of the molecule is CC(O)(CC[C@H](C[C@@H](O)[CH]Cc1cccc(F)c1)c1nc(F)c[nH]1)C(N)=O. The van der Waals surface area contributed by atoms with Crippen molar-refractivity contribution in [1.29, 1.82) is 0 Å². The Kier molecular flexibility index (Phi) is 7.04. The van der Waals surface area contributed by atoms with Gasteiger partial charge in [-0.05, 0) is 56.7 Å². The highest BCUT2D eigenvalue weighted by atomic mass is 19.1. The molecule has 2 aromatic rings. The van der Waals surface area contributed by atoms with E-state index in [1.807, 2.05) is 0 Å². The normalized spacial score (nSPS) is 15.9. The number of hydrogen-bond donors (Lipinski definition) is 4. The maximum atomic E-state index is 13.3. The maximum Gasteiger partial charge on any atom is 0.249 e. The van der Waals surface area contributed by atoms with Gasteiger partial charge in [0.05, 0.1) is 12.3 Å². The number of H-pyrrole nitrogens is 1. The Morgan fingerprint density at radius 3 is 2.78 bits per heavy atom. The highest BCUT2D eigenvalue weighted by molar-refractivity contribution is 5.82. The number of rotatable bonds is 10. The molecule has 0 aliphatic rings. The monoisotopic (exact) mass is 380 g/mol. The zero-order valence-corrected chi connectivity index (χ0v) is 15.0. The summed E-state index contributed by atoms with van der Waals surface area (Å²) in [6, 6.07) is 6.06. The first-order valence-corrected chi connectivity index (χ1v) is 8.66. The van der Waals surface area contributed by atoms with Crippen LogP contribution in [0.3, 0.4) is 0 Å². The Morgan fingerprint density at radius 2 is 2.19 bits per heavy atom. The van der Waals surface area contributed by atoms with E-state index in [0.717, 1.165) is 6.20 Å². The van der Waals surface area contributed by atoms with Crippen molar-refractivity contribution < 1.29 is 23.8 Å². The third kappa shape index (κ3) is 6.41. The second kappa shape index (κ2) is 9.05. The molecule has 0 aliphatic carbocycles. The Morgan fingerprint density at radius 1 is 1.44 bits per heavy atom. The van der Waals surface area contributed by atoms with Crippen LogP contribution in [0.2, 0.25) is 0 Å². The summed E-state index contributed by atoms with van der Waals surface area (Å²) in [7, 11) is 0. The fourth-order valence-electron chi connectivity index (χ4n) is 2.79. The number of nitrogens with two attached hydrogens (primary N) is 1. The minimum Gasteiger partial charge on any atom is -0.393 e. The van der Waals surface area contributed by atoms with Gasteiger partial charge >= 0.3 is 0 Å². The van der Waals surface area contributed by atoms with Crippen LogP contribution in [0.15, 0.2) is 30.5 Å². The molecule has 1 aromatic carbocycles. The molecule has 147 valence electrons. The van der Waals surface area contributed by atoms with E-state index < -0.39 is 29.5 Å². The first-order chi connectivity index (χ1) is 12.7. The van der Waals surface area contributed by atoms with E-state index in [0.29, 0.717) is 17.8 Å². The van der Waals surface area contributed by atoms with Crippen LogP contribution in [0.1, 0.15) is 43.5 Å². The average Bonchev–Trinajstić information content (AvgIpc) is 3.03. The quantitative estimate of drug-likeness (QED) is 0.505. The van der Waals surface area contributed by atoms with Gasteiger partial charge in [0.2, 0.25) is 11.9 Å². The van der Waals surface area contributed by atoms with Crippen LogP contribution < -0.4 is 5.73 Å². The summed E-state index contributed by atoms with van der Waals surface area (Å²) in [5.74, 6) is -2.02. The molecule has 1 heterocycles. The lowest BCUT2D eigenvalue weighted by Crippen LogP contribution is -2.41. The fraction of sp³-hybridized carbons (Fsp3) is 0.421. The summed E-state index contributed by atoms with van der Waals surface area (Å²) in [6.45, 7) is 1.31. The molecule has 1 radical (unpaired) electrons. The predicted octanol–water partition coefficient (Wildman–Crippen LogP) is 1.99. The Balaban J connectivity index is 1.99. The molecule has 27 heavy (non-hydrogen) atoms. The number of aliphatic hydroxyl groups is 2. The molecule has 1 aromatic heterocycles. The van der Waals surface area contributed by atoms with Crippen LogP contribution in [-0.2, 0) is 11.2 Å². The molecule has 2 rings (SSSR count). The molecule has 0 aliphatic heterocycles. The maximum absolute atomic E-state index is 13.3. The molecule has 1 unspecified atom stereocenters. The molecule has 0 spiro atoms. The number of hydrogen-bond acceptors (Lipinski definition) is 4. The van der Waals surface area contributed by atoms with E-state index >= 15 is 0 Å². The summed E-state index contributed by atoms with van der Waals surface area (Å²) in [6.07, 6.45) is 2.68. The summed E-state index contributed by atoms with van der Waals surface area (Å²) in [5.41, 5.74) is 4.17. The first-order valence-electron chi connectivity index (χ1n) is 8.66. The molecular weight excluding hydrogens is 356 g/mol. The molecule has 8 heteroatoms. The number of halogens is 2. The summed E-state index contributed by atoms with van der Waals surface area (Å²) < 4.78 is 26.5. The number of benzene rings is 1. The minimum atomic E-state index is -1.71. The van der Waals surface area contributed by atoms with Crippen molar-refractivity contribution in [2.24, 2.45) is 5.73 Å². The van der Waals surface area contributed by atoms with Gasteiger partial charge in [-0.2, -0.15) is 4.39 Å². The first kappa shape index (κ1) is 21.0. The van der Waals surface area contributed by atoms with Crippen LogP contribution in [0, 0.1) is 18.2 Å². The van der Waals surface area contributed by atoms with Crippen molar-refractivity contribution >= 4 is 5.91 Å². The van der Waals surface area contributed by atoms with Crippen molar-refractivity contribution in [3.05, 3.63) is 60.0 Å². The van der Waals surface area contributed by atoms with Crippen molar-refractivity contribution in [3.8, 4) is 0 Å². The van der Waals surface area contributed by atoms with Gasteiger partial charge in [0.25, 0.3) is 0 Å². The zero-order chi connectivity index (χ0) is 20.0. The number of primary amides is 1. The molecule has 6 nitrogen and oxygen atoms in total. The van der Waals surface area contributed by atoms with Gasteiger partial charge in [0, 0.05) is 5.92 Å².